The number of nitrogens with zero attached hydrogens (tertiary/aromatic N) is 2. The minimum atomic E-state index is -0.903. The number of anilines is 1. The minimum Gasteiger partial charge on any atom is -0.319 e. The monoisotopic (exact) mass is 327 g/mol. The molecule has 1 aromatic heterocycles. The van der Waals surface area contributed by atoms with E-state index in [-0.39, 0.29) is 0 Å². The van der Waals surface area contributed by atoms with Gasteiger partial charge in [-0.15, -0.1) is 0 Å². The summed E-state index contributed by atoms with van der Waals surface area (Å²) in [5, 5.41) is 6.62. The van der Waals surface area contributed by atoms with E-state index in [1.165, 1.54) is 12.3 Å². The number of amides is 1. The first kappa shape index (κ1) is 15.9. The van der Waals surface area contributed by atoms with Gasteiger partial charge in [0.25, 0.3) is 5.91 Å². The van der Waals surface area contributed by atoms with Crippen LogP contribution in [0, 0.1) is 18.6 Å². The van der Waals surface area contributed by atoms with Crippen LogP contribution in [0.25, 0.3) is 0 Å². The molecule has 1 amide bonds. The molecule has 0 aliphatic heterocycles. The lowest BCUT2D eigenvalue weighted by Crippen LogP contribution is -2.15. The van der Waals surface area contributed by atoms with Gasteiger partial charge in [-0.1, -0.05) is 30.3 Å². The normalized spacial score (nSPS) is 10.6. The van der Waals surface area contributed by atoms with E-state index in [4.69, 9.17) is 0 Å². The fourth-order valence-corrected chi connectivity index (χ4v) is 2.38. The minimum absolute atomic E-state index is 0.372. The number of carbonyl (C=O) groups is 1. The average Bonchev–Trinajstić information content (AvgIpc) is 2.96. The van der Waals surface area contributed by atoms with Gasteiger partial charge in [0, 0.05) is 6.20 Å². The molecule has 1 N–H and O–H groups in total. The van der Waals surface area contributed by atoms with Crippen molar-refractivity contribution in [3.05, 3.63) is 83.2 Å². The molecule has 0 saturated carbocycles. The number of benzene rings is 2. The molecule has 4 nitrogen and oxygen atoms in total. The Kier molecular flexibility index (Phi) is 4.37. The number of carbonyl (C=O) groups excluding carboxylic acids is 1. The highest BCUT2D eigenvalue weighted by Gasteiger charge is 2.17. The first-order valence-electron chi connectivity index (χ1n) is 7.37. The Balaban J connectivity index is 1.75. The maximum Gasteiger partial charge on any atom is 0.261 e. The van der Waals surface area contributed by atoms with Crippen molar-refractivity contribution in [2.45, 2.75) is 13.5 Å². The molecule has 1 heterocycles. The van der Waals surface area contributed by atoms with Gasteiger partial charge in [0.05, 0.1) is 18.4 Å². The van der Waals surface area contributed by atoms with Crippen LogP contribution in [0.1, 0.15) is 21.5 Å². The van der Waals surface area contributed by atoms with Gasteiger partial charge in [-0.05, 0) is 30.2 Å². The van der Waals surface area contributed by atoms with Crippen molar-refractivity contribution < 1.29 is 13.6 Å². The molecule has 0 radical (unpaired) electrons. The van der Waals surface area contributed by atoms with E-state index in [0.717, 1.165) is 23.3 Å². The maximum atomic E-state index is 13.6. The largest absolute Gasteiger partial charge is 0.319 e. The fourth-order valence-electron chi connectivity index (χ4n) is 2.38. The molecule has 0 aliphatic carbocycles. The molecule has 24 heavy (non-hydrogen) atoms. The Morgan fingerprint density at radius 2 is 1.83 bits per heavy atom. The van der Waals surface area contributed by atoms with Crippen molar-refractivity contribution in [2.75, 3.05) is 5.32 Å². The number of aryl methyl sites for hydroxylation is 1. The molecule has 0 bridgehead atoms. The van der Waals surface area contributed by atoms with Crippen molar-refractivity contribution in [1.29, 1.82) is 0 Å². The van der Waals surface area contributed by atoms with Crippen molar-refractivity contribution in [1.82, 2.24) is 9.78 Å². The van der Waals surface area contributed by atoms with Gasteiger partial charge >= 0.3 is 0 Å². The van der Waals surface area contributed by atoms with E-state index >= 15 is 0 Å². The SMILES string of the molecule is Cc1ccccc1Cn1cc(NC(=O)c2c(F)cccc2F)cn1. The first-order chi connectivity index (χ1) is 11.5. The smallest absolute Gasteiger partial charge is 0.261 e. The van der Waals surface area contributed by atoms with Crippen LogP contribution in [0.15, 0.2) is 54.9 Å². The number of hydrogen-bond donors (Lipinski definition) is 1. The van der Waals surface area contributed by atoms with Crippen LogP contribution in [0.5, 0.6) is 0 Å². The van der Waals surface area contributed by atoms with Gasteiger partial charge in [-0.25, -0.2) is 8.78 Å². The first-order valence-corrected chi connectivity index (χ1v) is 7.37. The number of halogens is 2. The van der Waals surface area contributed by atoms with Crippen LogP contribution >= 0.6 is 0 Å². The Labute approximate surface area is 137 Å². The number of nitrogens with one attached hydrogen (secondary N) is 1. The van der Waals surface area contributed by atoms with E-state index in [2.05, 4.69) is 10.4 Å². The van der Waals surface area contributed by atoms with Crippen LogP contribution in [-0.2, 0) is 6.54 Å². The zero-order valence-electron chi connectivity index (χ0n) is 13.0. The van der Waals surface area contributed by atoms with Crippen LogP contribution in [0.3, 0.4) is 0 Å². The molecular formula is C18H15F2N3O. The highest BCUT2D eigenvalue weighted by molar-refractivity contribution is 6.04. The standard InChI is InChI=1S/C18H15F2N3O/c1-12-5-2-3-6-13(12)10-23-11-14(9-21-23)22-18(24)17-15(19)7-4-8-16(17)20/h2-9,11H,10H2,1H3,(H,22,24). The highest BCUT2D eigenvalue weighted by atomic mass is 19.1. The van der Waals surface area contributed by atoms with Gasteiger partial charge in [0.1, 0.15) is 17.2 Å². The Morgan fingerprint density at radius 3 is 2.54 bits per heavy atom. The molecule has 0 aliphatic rings. The summed E-state index contributed by atoms with van der Waals surface area (Å²) in [4.78, 5) is 12.0. The Hall–Kier alpha value is -3.02. The third-order valence-corrected chi connectivity index (χ3v) is 3.67. The van der Waals surface area contributed by atoms with Gasteiger partial charge in [-0.2, -0.15) is 5.10 Å². The lowest BCUT2D eigenvalue weighted by Gasteiger charge is -2.06. The third kappa shape index (κ3) is 3.32. The second-order valence-electron chi connectivity index (χ2n) is 5.40. The highest BCUT2D eigenvalue weighted by Crippen LogP contribution is 2.16. The fraction of sp³-hybridized carbons (Fsp3) is 0.111. The average molecular weight is 327 g/mol. The molecule has 6 heteroatoms. The Morgan fingerprint density at radius 1 is 1.12 bits per heavy atom. The van der Waals surface area contributed by atoms with Gasteiger partial charge in [0.2, 0.25) is 0 Å². The molecule has 2 aromatic carbocycles. The number of aromatic nitrogens is 2. The van der Waals surface area contributed by atoms with Crippen molar-refractivity contribution in [3.63, 3.8) is 0 Å². The summed E-state index contributed by atoms with van der Waals surface area (Å²) in [5.74, 6) is -2.65. The lowest BCUT2D eigenvalue weighted by atomic mass is 10.1. The van der Waals surface area contributed by atoms with Crippen molar-refractivity contribution in [2.24, 2.45) is 0 Å². The second-order valence-corrected chi connectivity index (χ2v) is 5.40. The molecule has 3 rings (SSSR count). The van der Waals surface area contributed by atoms with Gasteiger partial charge < -0.3 is 5.32 Å². The number of hydrogen-bond acceptors (Lipinski definition) is 2. The quantitative estimate of drug-likeness (QED) is 0.793. The molecule has 0 unspecified atom stereocenters. The zero-order chi connectivity index (χ0) is 17.1. The molecule has 0 spiro atoms. The van der Waals surface area contributed by atoms with Crippen LogP contribution < -0.4 is 5.32 Å². The lowest BCUT2D eigenvalue weighted by molar-refractivity contribution is 0.101. The zero-order valence-corrected chi connectivity index (χ0v) is 13.0. The second kappa shape index (κ2) is 6.62. The van der Waals surface area contributed by atoms with E-state index in [1.807, 2.05) is 31.2 Å². The van der Waals surface area contributed by atoms with Crippen LogP contribution in [0.2, 0.25) is 0 Å². The summed E-state index contributed by atoms with van der Waals surface area (Å²) in [5.41, 5.74) is 1.99. The predicted molar refractivity (Wildman–Crippen MR) is 86.8 cm³/mol. The summed E-state index contributed by atoms with van der Waals surface area (Å²) < 4.78 is 28.9. The van der Waals surface area contributed by atoms with Gasteiger partial charge in [0.15, 0.2) is 0 Å². The van der Waals surface area contributed by atoms with E-state index < -0.39 is 23.1 Å². The summed E-state index contributed by atoms with van der Waals surface area (Å²) in [6, 6.07) is 11.2. The van der Waals surface area contributed by atoms with Crippen LogP contribution in [0.4, 0.5) is 14.5 Å². The molecule has 3 aromatic rings. The number of rotatable bonds is 4. The topological polar surface area (TPSA) is 46.9 Å². The van der Waals surface area contributed by atoms with Crippen LogP contribution in [-0.4, -0.2) is 15.7 Å². The molecule has 0 saturated heterocycles. The van der Waals surface area contributed by atoms with Crippen molar-refractivity contribution in [3.8, 4) is 0 Å². The summed E-state index contributed by atoms with van der Waals surface area (Å²) in [6.07, 6.45) is 3.05. The summed E-state index contributed by atoms with van der Waals surface area (Å²) in [7, 11) is 0. The summed E-state index contributed by atoms with van der Waals surface area (Å²) in [6.45, 7) is 2.54. The van der Waals surface area contributed by atoms with E-state index in [9.17, 15) is 13.6 Å². The third-order valence-electron chi connectivity index (χ3n) is 3.67. The molecule has 122 valence electrons. The van der Waals surface area contributed by atoms with Gasteiger partial charge in [-0.3, -0.25) is 9.48 Å². The predicted octanol–water partition coefficient (Wildman–Crippen LogP) is 3.77. The van der Waals surface area contributed by atoms with Crippen molar-refractivity contribution >= 4 is 11.6 Å². The Bertz CT molecular complexity index is 869. The van der Waals surface area contributed by atoms with E-state index in [0.29, 0.717) is 12.2 Å². The van der Waals surface area contributed by atoms with E-state index in [1.54, 1.807) is 10.9 Å². The molecule has 0 atom stereocenters. The summed E-state index contributed by atoms with van der Waals surface area (Å²) >= 11 is 0. The maximum absolute atomic E-state index is 13.6. The molecular weight excluding hydrogens is 312 g/mol. The molecule has 0 fully saturated rings.